The summed E-state index contributed by atoms with van der Waals surface area (Å²) >= 11 is 8.92. The zero-order valence-corrected chi connectivity index (χ0v) is 18.1. The Kier molecular flexibility index (Phi) is 5.95. The Hall–Kier alpha value is -1.89. The highest BCUT2D eigenvalue weighted by Gasteiger charge is 2.27. The molecule has 1 saturated heterocycles. The Morgan fingerprint density at radius 1 is 1.21 bits per heavy atom. The third kappa shape index (κ3) is 4.34. The number of hydrogen-bond acceptors (Lipinski definition) is 8. The first-order valence-corrected chi connectivity index (χ1v) is 12.1. The van der Waals surface area contributed by atoms with Crippen LogP contribution in [0.2, 0.25) is 5.02 Å². The van der Waals surface area contributed by atoms with E-state index in [0.717, 1.165) is 5.56 Å². The van der Waals surface area contributed by atoms with Crippen LogP contribution in [-0.2, 0) is 14.8 Å². The van der Waals surface area contributed by atoms with Crippen molar-refractivity contribution in [3.05, 3.63) is 45.6 Å². The molecule has 3 heterocycles. The van der Waals surface area contributed by atoms with Crippen LogP contribution in [0.3, 0.4) is 0 Å². The summed E-state index contributed by atoms with van der Waals surface area (Å²) in [5.41, 5.74) is 0.970. The molecule has 0 bridgehead atoms. The summed E-state index contributed by atoms with van der Waals surface area (Å²) in [5, 5.41) is 15.6. The standard InChI is InChI=1S/C17H15ClN4O4S3/c18-14-2-1-12(29(24,25)22-4-6-26-7-5-22)9-13(14)15(23)19-17-21-20-16(28-17)11-3-8-27-10-11/h1-3,8-10H,4-7H2,(H,19,21,23). The number of morpholine rings is 1. The molecule has 1 aromatic carbocycles. The van der Waals surface area contributed by atoms with Crippen molar-refractivity contribution in [2.45, 2.75) is 4.90 Å². The fourth-order valence-corrected chi connectivity index (χ4v) is 5.80. The molecule has 29 heavy (non-hydrogen) atoms. The van der Waals surface area contributed by atoms with E-state index in [1.807, 2.05) is 16.8 Å². The van der Waals surface area contributed by atoms with Gasteiger partial charge in [-0.1, -0.05) is 22.9 Å². The molecular formula is C17H15ClN4O4S3. The van der Waals surface area contributed by atoms with Crippen molar-refractivity contribution in [3.63, 3.8) is 0 Å². The number of amides is 1. The van der Waals surface area contributed by atoms with E-state index in [-0.39, 0.29) is 28.6 Å². The van der Waals surface area contributed by atoms with Crippen LogP contribution in [0, 0.1) is 0 Å². The highest BCUT2D eigenvalue weighted by atomic mass is 35.5. The van der Waals surface area contributed by atoms with Gasteiger partial charge >= 0.3 is 0 Å². The number of sulfonamides is 1. The van der Waals surface area contributed by atoms with Gasteiger partial charge in [0.15, 0.2) is 0 Å². The maximum Gasteiger partial charge on any atom is 0.259 e. The summed E-state index contributed by atoms with van der Waals surface area (Å²) in [6, 6.07) is 5.99. The number of ether oxygens (including phenoxy) is 1. The van der Waals surface area contributed by atoms with Crippen molar-refractivity contribution >= 4 is 55.3 Å². The maximum absolute atomic E-state index is 12.8. The molecule has 1 aliphatic heterocycles. The number of thiophene rings is 1. The van der Waals surface area contributed by atoms with E-state index in [4.69, 9.17) is 16.3 Å². The quantitative estimate of drug-likeness (QED) is 0.614. The summed E-state index contributed by atoms with van der Waals surface area (Å²) < 4.78 is 32.2. The van der Waals surface area contributed by atoms with Gasteiger partial charge in [0.05, 0.1) is 28.7 Å². The van der Waals surface area contributed by atoms with Gasteiger partial charge in [-0.15, -0.1) is 10.2 Å². The largest absolute Gasteiger partial charge is 0.379 e. The van der Waals surface area contributed by atoms with Gasteiger partial charge in [-0.25, -0.2) is 8.42 Å². The number of halogens is 1. The monoisotopic (exact) mass is 470 g/mol. The number of benzene rings is 1. The minimum absolute atomic E-state index is 0.00479. The lowest BCUT2D eigenvalue weighted by Crippen LogP contribution is -2.40. The number of carbonyl (C=O) groups is 1. The number of carbonyl (C=O) groups excluding carboxylic acids is 1. The smallest absolute Gasteiger partial charge is 0.259 e. The van der Waals surface area contributed by atoms with E-state index in [1.54, 1.807) is 0 Å². The third-order valence-corrected chi connectivity index (χ3v) is 8.00. The maximum atomic E-state index is 12.8. The summed E-state index contributed by atoms with van der Waals surface area (Å²) in [7, 11) is -3.74. The number of hydrogen-bond donors (Lipinski definition) is 1. The van der Waals surface area contributed by atoms with Crippen LogP contribution in [0.25, 0.3) is 10.6 Å². The third-order valence-electron chi connectivity index (χ3n) is 4.20. The van der Waals surface area contributed by atoms with E-state index >= 15 is 0 Å². The van der Waals surface area contributed by atoms with Gasteiger partial charge < -0.3 is 4.74 Å². The molecule has 4 rings (SSSR count). The second-order valence-corrected chi connectivity index (χ2v) is 10.1. The molecule has 1 amide bonds. The molecular weight excluding hydrogens is 456 g/mol. The molecule has 3 aromatic rings. The highest BCUT2D eigenvalue weighted by molar-refractivity contribution is 7.89. The summed E-state index contributed by atoms with van der Waals surface area (Å²) in [4.78, 5) is 12.7. The lowest BCUT2D eigenvalue weighted by Gasteiger charge is -2.26. The molecule has 1 N–H and O–H groups in total. The van der Waals surface area contributed by atoms with Crippen molar-refractivity contribution in [3.8, 4) is 10.6 Å². The number of anilines is 1. The average Bonchev–Trinajstić information content (AvgIpc) is 3.40. The van der Waals surface area contributed by atoms with Gasteiger partial charge in [-0.3, -0.25) is 10.1 Å². The van der Waals surface area contributed by atoms with E-state index < -0.39 is 15.9 Å². The number of aromatic nitrogens is 2. The van der Waals surface area contributed by atoms with Gasteiger partial charge in [0.25, 0.3) is 5.91 Å². The Labute approximate surface area is 180 Å². The van der Waals surface area contributed by atoms with Gasteiger partial charge in [0, 0.05) is 24.0 Å². The molecule has 0 spiro atoms. The normalized spacial score (nSPS) is 15.3. The predicted molar refractivity (Wildman–Crippen MR) is 112 cm³/mol. The molecule has 0 saturated carbocycles. The zero-order chi connectivity index (χ0) is 20.4. The average molecular weight is 471 g/mol. The van der Waals surface area contributed by atoms with E-state index in [9.17, 15) is 13.2 Å². The van der Waals surface area contributed by atoms with Crippen LogP contribution in [0.15, 0.2) is 39.9 Å². The molecule has 0 atom stereocenters. The van der Waals surface area contributed by atoms with Gasteiger partial charge in [-0.2, -0.15) is 15.6 Å². The fraction of sp³-hybridized carbons (Fsp3) is 0.235. The second kappa shape index (κ2) is 8.46. The Balaban J connectivity index is 1.56. The van der Waals surface area contributed by atoms with E-state index in [2.05, 4.69) is 15.5 Å². The van der Waals surface area contributed by atoms with Gasteiger partial charge in [0.2, 0.25) is 15.2 Å². The predicted octanol–water partition coefficient (Wildman–Crippen LogP) is 3.19. The Morgan fingerprint density at radius 2 is 2.00 bits per heavy atom. The lowest BCUT2D eigenvalue weighted by atomic mass is 10.2. The second-order valence-electron chi connectivity index (χ2n) is 6.04. The van der Waals surface area contributed by atoms with Crippen LogP contribution in [-0.4, -0.2) is 55.1 Å². The lowest BCUT2D eigenvalue weighted by molar-refractivity contribution is 0.0730. The van der Waals surface area contributed by atoms with Crippen LogP contribution in [0.4, 0.5) is 5.13 Å². The van der Waals surface area contributed by atoms with Crippen molar-refractivity contribution in [1.29, 1.82) is 0 Å². The molecule has 12 heteroatoms. The Bertz CT molecular complexity index is 1130. The Morgan fingerprint density at radius 3 is 2.72 bits per heavy atom. The van der Waals surface area contributed by atoms with Crippen LogP contribution < -0.4 is 5.32 Å². The zero-order valence-electron chi connectivity index (χ0n) is 14.9. The number of rotatable bonds is 5. The minimum Gasteiger partial charge on any atom is -0.379 e. The number of nitrogens with zero attached hydrogens (tertiary/aromatic N) is 3. The van der Waals surface area contributed by atoms with E-state index in [1.165, 1.54) is 45.2 Å². The number of nitrogens with one attached hydrogen (secondary N) is 1. The molecule has 8 nitrogen and oxygen atoms in total. The first kappa shape index (κ1) is 20.4. The van der Waals surface area contributed by atoms with Gasteiger partial charge in [0.1, 0.15) is 5.01 Å². The molecule has 0 radical (unpaired) electrons. The van der Waals surface area contributed by atoms with Crippen LogP contribution in [0.1, 0.15) is 10.4 Å². The molecule has 2 aromatic heterocycles. The highest BCUT2D eigenvalue weighted by Crippen LogP contribution is 2.29. The molecule has 152 valence electrons. The van der Waals surface area contributed by atoms with Crippen molar-refractivity contribution in [2.24, 2.45) is 0 Å². The van der Waals surface area contributed by atoms with Crippen molar-refractivity contribution < 1.29 is 17.9 Å². The summed E-state index contributed by atoms with van der Waals surface area (Å²) in [6.07, 6.45) is 0. The van der Waals surface area contributed by atoms with Crippen molar-refractivity contribution in [1.82, 2.24) is 14.5 Å². The summed E-state index contributed by atoms with van der Waals surface area (Å²) in [5.74, 6) is -0.554. The first-order chi connectivity index (χ1) is 13.9. The molecule has 1 fully saturated rings. The topological polar surface area (TPSA) is 101 Å². The SMILES string of the molecule is O=C(Nc1nnc(-c2ccsc2)s1)c1cc(S(=O)(=O)N2CCOCC2)ccc1Cl. The molecule has 0 unspecified atom stereocenters. The molecule has 0 aliphatic carbocycles. The molecule has 1 aliphatic rings. The minimum atomic E-state index is -3.74. The van der Waals surface area contributed by atoms with Gasteiger partial charge in [-0.05, 0) is 29.6 Å². The van der Waals surface area contributed by atoms with Crippen LogP contribution in [0.5, 0.6) is 0 Å². The summed E-state index contributed by atoms with van der Waals surface area (Å²) in [6.45, 7) is 1.21. The van der Waals surface area contributed by atoms with Crippen LogP contribution >= 0.6 is 34.3 Å². The van der Waals surface area contributed by atoms with E-state index in [0.29, 0.717) is 23.4 Å². The fourth-order valence-electron chi connectivity index (χ4n) is 2.72. The first-order valence-electron chi connectivity index (χ1n) is 8.50. The van der Waals surface area contributed by atoms with Crippen molar-refractivity contribution in [2.75, 3.05) is 31.6 Å².